The maximum atomic E-state index is 13.6. The average Bonchev–Trinajstić information content (AvgIpc) is 3.67. The molecule has 1 fully saturated rings. The monoisotopic (exact) mass is 514 g/mol. The normalized spacial score (nSPS) is 13.2. The molecule has 3 aromatic rings. The summed E-state index contributed by atoms with van der Waals surface area (Å²) in [6, 6.07) is 8.69. The largest absolute Gasteiger partial charge is 0.353 e. The number of nitrogens with zero attached hydrogens (tertiary/aromatic N) is 3. The Balaban J connectivity index is 1.75. The lowest BCUT2D eigenvalue weighted by molar-refractivity contribution is 0.0538. The van der Waals surface area contributed by atoms with Gasteiger partial charge in [0.15, 0.2) is 0 Å². The van der Waals surface area contributed by atoms with E-state index in [9.17, 15) is 17.6 Å². The molecule has 1 saturated carbocycles. The van der Waals surface area contributed by atoms with Gasteiger partial charge in [0.2, 0.25) is 10.0 Å². The topological polar surface area (TPSA) is 126 Å². The molecule has 12 heteroatoms. The number of hydrogen-bond acceptors (Lipinski definition) is 8. The molecule has 0 aliphatic heterocycles. The number of nitrogens with one attached hydrogen (secondary N) is 3. The molecule has 1 aliphatic rings. The predicted molar refractivity (Wildman–Crippen MR) is 136 cm³/mol. The molecule has 10 nitrogen and oxygen atoms in total. The molecule has 190 valence electrons. The van der Waals surface area contributed by atoms with Crippen LogP contribution in [0.4, 0.5) is 33.1 Å². The average molecular weight is 515 g/mol. The number of pyridine rings is 2. The second-order valence-electron chi connectivity index (χ2n) is 8.60. The van der Waals surface area contributed by atoms with Gasteiger partial charge in [-0.1, -0.05) is 6.07 Å². The van der Waals surface area contributed by atoms with Crippen molar-refractivity contribution in [3.05, 3.63) is 65.2 Å². The molecule has 1 aliphatic carbocycles. The third-order valence-corrected chi connectivity index (χ3v) is 7.01. The van der Waals surface area contributed by atoms with Crippen molar-refractivity contribution in [1.82, 2.24) is 15.4 Å². The van der Waals surface area contributed by atoms with Crippen molar-refractivity contribution in [3.63, 3.8) is 0 Å². The van der Waals surface area contributed by atoms with Crippen molar-refractivity contribution in [2.24, 2.45) is 0 Å². The molecule has 1 amide bonds. The van der Waals surface area contributed by atoms with Crippen LogP contribution in [0.5, 0.6) is 0 Å². The van der Waals surface area contributed by atoms with E-state index >= 15 is 0 Å². The number of benzene rings is 1. The van der Waals surface area contributed by atoms with E-state index in [0.717, 1.165) is 30.9 Å². The van der Waals surface area contributed by atoms with Gasteiger partial charge in [0, 0.05) is 19.3 Å². The number of hydrogen-bond donors (Lipinski definition) is 3. The SMILES string of the molecule is CONC(=O)c1cnc(Nc2cc(C)c(F)cn2)cc1Nc1ccc(C2CC2)cc1N(C)S(C)(=O)=O. The van der Waals surface area contributed by atoms with Crippen molar-refractivity contribution >= 4 is 44.6 Å². The highest BCUT2D eigenvalue weighted by Gasteiger charge is 2.26. The van der Waals surface area contributed by atoms with Crippen molar-refractivity contribution in [2.45, 2.75) is 25.7 Å². The van der Waals surface area contributed by atoms with Gasteiger partial charge in [0.05, 0.1) is 42.2 Å². The zero-order chi connectivity index (χ0) is 26.0. The van der Waals surface area contributed by atoms with Crippen LogP contribution >= 0.6 is 0 Å². The second kappa shape index (κ2) is 10.1. The minimum Gasteiger partial charge on any atom is -0.353 e. The van der Waals surface area contributed by atoms with E-state index in [0.29, 0.717) is 40.2 Å². The fraction of sp³-hybridized carbons (Fsp3) is 0.292. The van der Waals surface area contributed by atoms with Crippen LogP contribution < -0.4 is 20.4 Å². The Kier molecular flexibility index (Phi) is 7.09. The fourth-order valence-electron chi connectivity index (χ4n) is 3.60. The van der Waals surface area contributed by atoms with Crippen LogP contribution in [0, 0.1) is 12.7 Å². The number of aromatic nitrogens is 2. The summed E-state index contributed by atoms with van der Waals surface area (Å²) in [5.41, 5.74) is 5.15. The summed E-state index contributed by atoms with van der Waals surface area (Å²) >= 11 is 0. The summed E-state index contributed by atoms with van der Waals surface area (Å²) in [7, 11) is -0.762. The van der Waals surface area contributed by atoms with E-state index in [-0.39, 0.29) is 5.56 Å². The first-order valence-corrected chi connectivity index (χ1v) is 13.0. The van der Waals surface area contributed by atoms with Gasteiger partial charge in [0.1, 0.15) is 17.5 Å². The summed E-state index contributed by atoms with van der Waals surface area (Å²) in [5.74, 6) is 0.129. The molecule has 0 saturated heterocycles. The summed E-state index contributed by atoms with van der Waals surface area (Å²) in [4.78, 5) is 25.7. The summed E-state index contributed by atoms with van der Waals surface area (Å²) in [5, 5.41) is 6.18. The highest BCUT2D eigenvalue weighted by atomic mass is 32.2. The molecule has 0 atom stereocenters. The number of halogens is 1. The maximum Gasteiger partial charge on any atom is 0.278 e. The number of carbonyl (C=O) groups excluding carboxylic acids is 1. The third-order valence-electron chi connectivity index (χ3n) is 5.82. The number of carbonyl (C=O) groups is 1. The Bertz CT molecular complexity index is 1410. The Morgan fingerprint density at radius 1 is 1.08 bits per heavy atom. The van der Waals surface area contributed by atoms with Gasteiger partial charge in [-0.3, -0.25) is 13.9 Å². The molecule has 0 unspecified atom stereocenters. The Morgan fingerprint density at radius 3 is 2.42 bits per heavy atom. The summed E-state index contributed by atoms with van der Waals surface area (Å²) < 4.78 is 39.5. The maximum absolute atomic E-state index is 13.6. The van der Waals surface area contributed by atoms with Crippen molar-refractivity contribution in [2.75, 3.05) is 35.4 Å². The second-order valence-corrected chi connectivity index (χ2v) is 10.6. The Hall–Kier alpha value is -3.77. The third kappa shape index (κ3) is 5.71. The molecular weight excluding hydrogens is 487 g/mol. The minimum atomic E-state index is -3.55. The smallest absolute Gasteiger partial charge is 0.278 e. The Labute approximate surface area is 208 Å². The van der Waals surface area contributed by atoms with Gasteiger partial charge in [-0.05, 0) is 55.0 Å². The molecule has 4 rings (SSSR count). The number of amides is 1. The first-order valence-electron chi connectivity index (χ1n) is 11.1. The number of anilines is 5. The minimum absolute atomic E-state index is 0.157. The van der Waals surface area contributed by atoms with Crippen LogP contribution in [-0.4, -0.2) is 44.7 Å². The molecule has 36 heavy (non-hydrogen) atoms. The van der Waals surface area contributed by atoms with E-state index in [4.69, 9.17) is 4.84 Å². The van der Waals surface area contributed by atoms with Crippen LogP contribution in [0.15, 0.2) is 42.7 Å². The molecule has 0 bridgehead atoms. The van der Waals surface area contributed by atoms with Crippen molar-refractivity contribution in [1.29, 1.82) is 0 Å². The fourth-order valence-corrected chi connectivity index (χ4v) is 4.11. The molecule has 0 spiro atoms. The molecular formula is C24H27FN6O4S. The van der Waals surface area contributed by atoms with Gasteiger partial charge >= 0.3 is 0 Å². The van der Waals surface area contributed by atoms with Gasteiger partial charge in [-0.2, -0.15) is 0 Å². The van der Waals surface area contributed by atoms with Crippen LogP contribution in [0.1, 0.15) is 40.2 Å². The first-order chi connectivity index (χ1) is 17.1. The molecule has 3 N–H and O–H groups in total. The highest BCUT2D eigenvalue weighted by molar-refractivity contribution is 7.92. The van der Waals surface area contributed by atoms with Crippen LogP contribution in [0.3, 0.4) is 0 Å². The molecule has 1 aromatic carbocycles. The van der Waals surface area contributed by atoms with Crippen LogP contribution in [0.25, 0.3) is 0 Å². The van der Waals surface area contributed by atoms with Gasteiger partial charge < -0.3 is 10.6 Å². The van der Waals surface area contributed by atoms with Crippen molar-refractivity contribution in [3.8, 4) is 0 Å². The van der Waals surface area contributed by atoms with Crippen LogP contribution in [-0.2, 0) is 14.9 Å². The molecule has 2 heterocycles. The standard InChI is InChI=1S/C24H27FN6O4S/c1-14-9-22(27-13-18(14)25)29-23-11-20(17(12-26-23)24(32)30-35-3)28-19-8-7-16(15-5-6-15)10-21(19)31(2)36(4,33)34/h7-13,15H,5-6H2,1-4H3,(H,30,32)(H2,26,27,28,29). The predicted octanol–water partition coefficient (Wildman–Crippen LogP) is 3.98. The lowest BCUT2D eigenvalue weighted by atomic mass is 10.1. The van der Waals surface area contributed by atoms with Gasteiger partial charge in [-0.15, -0.1) is 0 Å². The lowest BCUT2D eigenvalue weighted by Gasteiger charge is -2.23. The molecule has 2 aromatic heterocycles. The van der Waals surface area contributed by atoms with Crippen molar-refractivity contribution < 1.29 is 22.4 Å². The number of aryl methyl sites for hydroxylation is 1. The lowest BCUT2D eigenvalue weighted by Crippen LogP contribution is -2.26. The van der Waals surface area contributed by atoms with Gasteiger partial charge in [0.25, 0.3) is 5.91 Å². The van der Waals surface area contributed by atoms with E-state index in [2.05, 4.69) is 26.1 Å². The number of hydroxylamine groups is 1. The van der Waals surface area contributed by atoms with E-state index in [1.807, 2.05) is 12.1 Å². The first kappa shape index (κ1) is 25.3. The van der Waals surface area contributed by atoms with Crippen LogP contribution in [0.2, 0.25) is 0 Å². The van der Waals surface area contributed by atoms with E-state index in [1.54, 1.807) is 19.1 Å². The number of sulfonamides is 1. The molecule has 0 radical (unpaired) electrons. The number of rotatable bonds is 9. The quantitative estimate of drug-likeness (QED) is 0.366. The summed E-state index contributed by atoms with van der Waals surface area (Å²) in [6.45, 7) is 1.62. The summed E-state index contributed by atoms with van der Waals surface area (Å²) in [6.07, 6.45) is 5.70. The zero-order valence-electron chi connectivity index (χ0n) is 20.3. The zero-order valence-corrected chi connectivity index (χ0v) is 21.1. The van der Waals surface area contributed by atoms with E-state index in [1.165, 1.54) is 30.7 Å². The highest BCUT2D eigenvalue weighted by Crippen LogP contribution is 2.43. The Morgan fingerprint density at radius 2 is 1.78 bits per heavy atom. The van der Waals surface area contributed by atoms with Gasteiger partial charge in [-0.25, -0.2) is 28.3 Å². The van der Waals surface area contributed by atoms with E-state index < -0.39 is 21.7 Å².